The molecular weight excluding hydrogens is 426 g/mol. The molecule has 0 fully saturated rings. The van der Waals surface area contributed by atoms with Gasteiger partial charge in [0.15, 0.2) is 0 Å². The summed E-state index contributed by atoms with van der Waals surface area (Å²) in [6.45, 7) is 0.861. The molecule has 4 aromatic carbocycles. The summed E-state index contributed by atoms with van der Waals surface area (Å²) in [6.07, 6.45) is 0. The summed E-state index contributed by atoms with van der Waals surface area (Å²) in [7, 11) is 0. The molecule has 4 rings (SSSR count). The third-order valence-electron chi connectivity index (χ3n) is 4.81. The van der Waals surface area contributed by atoms with Crippen LogP contribution < -0.4 is 10.1 Å². The number of hydrogen-bond acceptors (Lipinski definition) is 3. The lowest BCUT2D eigenvalue weighted by atomic mass is 10.1. The van der Waals surface area contributed by atoms with Gasteiger partial charge in [0.1, 0.15) is 12.4 Å². The van der Waals surface area contributed by atoms with Crippen LogP contribution in [-0.2, 0) is 5.75 Å². The predicted molar refractivity (Wildman–Crippen MR) is 129 cm³/mol. The average molecular weight is 448 g/mol. The van der Waals surface area contributed by atoms with Gasteiger partial charge < -0.3 is 10.1 Å². The fourth-order valence-electron chi connectivity index (χ4n) is 3.14. The minimum atomic E-state index is -0.0981. The maximum atomic E-state index is 12.4. The Kier molecular flexibility index (Phi) is 7.13. The molecule has 0 saturated heterocycles. The Labute approximate surface area is 191 Å². The highest BCUT2D eigenvalue weighted by atomic mass is 35.5. The van der Waals surface area contributed by atoms with Crippen molar-refractivity contribution in [2.24, 2.45) is 0 Å². The Hall–Kier alpha value is -2.95. The monoisotopic (exact) mass is 447 g/mol. The first-order valence-corrected chi connectivity index (χ1v) is 11.4. The lowest BCUT2D eigenvalue weighted by Crippen LogP contribution is -2.28. The second kappa shape index (κ2) is 10.4. The molecule has 5 heteroatoms. The number of halogens is 1. The van der Waals surface area contributed by atoms with Crippen LogP contribution in [0.15, 0.2) is 95.9 Å². The number of hydrogen-bond donors (Lipinski definition) is 1. The van der Waals surface area contributed by atoms with Crippen molar-refractivity contribution in [1.82, 2.24) is 5.32 Å². The Morgan fingerprint density at radius 1 is 0.871 bits per heavy atom. The van der Waals surface area contributed by atoms with Crippen molar-refractivity contribution in [3.63, 3.8) is 0 Å². The molecule has 0 radical (unpaired) electrons. The first-order chi connectivity index (χ1) is 15.2. The molecule has 0 aromatic heterocycles. The van der Waals surface area contributed by atoms with Gasteiger partial charge in [-0.15, -0.1) is 11.8 Å². The minimum absolute atomic E-state index is 0.0981. The van der Waals surface area contributed by atoms with Crippen molar-refractivity contribution in [2.75, 3.05) is 13.2 Å². The highest BCUT2D eigenvalue weighted by Gasteiger charge is 2.06. The largest absolute Gasteiger partial charge is 0.492 e. The van der Waals surface area contributed by atoms with Gasteiger partial charge in [0, 0.05) is 21.2 Å². The zero-order chi connectivity index (χ0) is 21.5. The van der Waals surface area contributed by atoms with E-state index in [0.717, 1.165) is 32.4 Å². The summed E-state index contributed by atoms with van der Waals surface area (Å²) in [6, 6.07) is 29.6. The smallest absolute Gasteiger partial charge is 0.251 e. The predicted octanol–water partition coefficient (Wildman–Crippen LogP) is 6.59. The number of rotatable bonds is 8. The molecule has 31 heavy (non-hydrogen) atoms. The highest BCUT2D eigenvalue weighted by molar-refractivity contribution is 7.98. The lowest BCUT2D eigenvalue weighted by Gasteiger charge is -2.09. The first-order valence-electron chi connectivity index (χ1n) is 10.0. The van der Waals surface area contributed by atoms with Crippen molar-refractivity contribution in [2.45, 2.75) is 10.6 Å². The molecule has 4 aromatic rings. The molecule has 1 amide bonds. The molecule has 3 nitrogen and oxygen atoms in total. The van der Waals surface area contributed by atoms with E-state index in [-0.39, 0.29) is 5.91 Å². The van der Waals surface area contributed by atoms with Gasteiger partial charge in [-0.05, 0) is 64.9 Å². The maximum Gasteiger partial charge on any atom is 0.251 e. The van der Waals surface area contributed by atoms with Crippen molar-refractivity contribution in [3.05, 3.63) is 107 Å². The molecule has 0 atom stereocenters. The standard InChI is InChI=1S/C26H22ClNO2S/c27-23-10-13-25(14-11-23)31-18-19-5-7-21(8-6-19)26(29)28-15-16-30-24-12-9-20-3-1-2-4-22(20)17-24/h1-14,17H,15-16,18H2,(H,28,29). The van der Waals surface area contributed by atoms with Gasteiger partial charge in [-0.25, -0.2) is 0 Å². The number of carbonyl (C=O) groups excluding carboxylic acids is 1. The molecule has 1 N–H and O–H groups in total. The summed E-state index contributed by atoms with van der Waals surface area (Å²) >= 11 is 7.65. The van der Waals surface area contributed by atoms with Crippen LogP contribution in [0.2, 0.25) is 5.02 Å². The van der Waals surface area contributed by atoms with Crippen LogP contribution in [0.5, 0.6) is 5.75 Å². The summed E-state index contributed by atoms with van der Waals surface area (Å²) in [5, 5.41) is 5.96. The van der Waals surface area contributed by atoms with E-state index in [2.05, 4.69) is 17.4 Å². The topological polar surface area (TPSA) is 38.3 Å². The fourth-order valence-corrected chi connectivity index (χ4v) is 4.12. The molecule has 0 aliphatic heterocycles. The molecule has 0 unspecified atom stereocenters. The van der Waals surface area contributed by atoms with Crippen molar-refractivity contribution >= 4 is 40.0 Å². The van der Waals surface area contributed by atoms with Crippen LogP contribution in [0.1, 0.15) is 15.9 Å². The van der Waals surface area contributed by atoms with Crippen molar-refractivity contribution in [1.29, 1.82) is 0 Å². The van der Waals surface area contributed by atoms with Crippen LogP contribution in [0.4, 0.5) is 0 Å². The number of nitrogens with one attached hydrogen (secondary N) is 1. The average Bonchev–Trinajstić information content (AvgIpc) is 2.81. The van der Waals surface area contributed by atoms with Gasteiger partial charge >= 0.3 is 0 Å². The van der Waals surface area contributed by atoms with Gasteiger partial charge in [0.2, 0.25) is 0 Å². The van der Waals surface area contributed by atoms with Crippen molar-refractivity contribution in [3.8, 4) is 5.75 Å². The fraction of sp³-hybridized carbons (Fsp3) is 0.115. The maximum absolute atomic E-state index is 12.4. The van der Waals surface area contributed by atoms with Gasteiger partial charge in [0.05, 0.1) is 6.54 Å². The normalized spacial score (nSPS) is 10.7. The van der Waals surface area contributed by atoms with E-state index in [0.29, 0.717) is 18.7 Å². The van der Waals surface area contributed by atoms with Gasteiger partial charge in [-0.3, -0.25) is 4.79 Å². The van der Waals surface area contributed by atoms with Gasteiger partial charge in [0.25, 0.3) is 5.91 Å². The van der Waals surface area contributed by atoms with Gasteiger partial charge in [-0.2, -0.15) is 0 Å². The second-order valence-corrected chi connectivity index (χ2v) is 8.54. The molecule has 0 bridgehead atoms. The number of fused-ring (bicyclic) bond motifs is 1. The molecular formula is C26H22ClNO2S. The molecule has 0 aliphatic carbocycles. The quantitative estimate of drug-likeness (QED) is 0.244. The minimum Gasteiger partial charge on any atom is -0.492 e. The third-order valence-corrected chi connectivity index (χ3v) is 6.15. The summed E-state index contributed by atoms with van der Waals surface area (Å²) in [5.74, 6) is 1.54. The zero-order valence-corrected chi connectivity index (χ0v) is 18.5. The van der Waals surface area contributed by atoms with E-state index in [4.69, 9.17) is 16.3 Å². The Morgan fingerprint density at radius 2 is 1.61 bits per heavy atom. The van der Waals surface area contributed by atoms with Gasteiger partial charge in [-0.1, -0.05) is 54.1 Å². The van der Waals surface area contributed by atoms with E-state index in [9.17, 15) is 4.79 Å². The number of ether oxygens (including phenoxy) is 1. The van der Waals surface area contributed by atoms with E-state index < -0.39 is 0 Å². The first kappa shape index (κ1) is 21.3. The molecule has 0 spiro atoms. The van der Waals surface area contributed by atoms with Crippen LogP contribution in [0, 0.1) is 0 Å². The van der Waals surface area contributed by atoms with E-state index in [1.165, 1.54) is 5.39 Å². The van der Waals surface area contributed by atoms with Crippen LogP contribution >= 0.6 is 23.4 Å². The number of carbonyl (C=O) groups is 1. The number of amides is 1. The molecule has 0 saturated carbocycles. The van der Waals surface area contributed by atoms with Crippen LogP contribution in [-0.4, -0.2) is 19.1 Å². The molecule has 156 valence electrons. The Balaban J connectivity index is 1.22. The molecule has 0 aliphatic rings. The van der Waals surface area contributed by atoms with Crippen molar-refractivity contribution < 1.29 is 9.53 Å². The Bertz CT molecular complexity index is 1160. The van der Waals surface area contributed by atoms with Crippen LogP contribution in [0.3, 0.4) is 0 Å². The summed E-state index contributed by atoms with van der Waals surface area (Å²) in [4.78, 5) is 13.5. The zero-order valence-electron chi connectivity index (χ0n) is 16.9. The molecule has 0 heterocycles. The number of thioether (sulfide) groups is 1. The highest BCUT2D eigenvalue weighted by Crippen LogP contribution is 2.24. The number of benzene rings is 4. The summed E-state index contributed by atoms with van der Waals surface area (Å²) < 4.78 is 5.78. The second-order valence-electron chi connectivity index (χ2n) is 7.05. The van der Waals surface area contributed by atoms with E-state index in [1.54, 1.807) is 11.8 Å². The third kappa shape index (κ3) is 6.03. The lowest BCUT2D eigenvalue weighted by molar-refractivity contribution is 0.0947. The van der Waals surface area contributed by atoms with Crippen LogP contribution in [0.25, 0.3) is 10.8 Å². The van der Waals surface area contributed by atoms with E-state index >= 15 is 0 Å². The summed E-state index contributed by atoms with van der Waals surface area (Å²) in [5.41, 5.74) is 1.81. The Morgan fingerprint density at radius 3 is 2.39 bits per heavy atom. The SMILES string of the molecule is O=C(NCCOc1ccc2ccccc2c1)c1ccc(CSc2ccc(Cl)cc2)cc1. The van der Waals surface area contributed by atoms with E-state index in [1.807, 2.05) is 78.9 Å².